The SMILES string of the molecule is COC(=O)C(C)(c1ccccc1)c1ccc(OC(=S)N(C)C)cc1. The van der Waals surface area contributed by atoms with Gasteiger partial charge >= 0.3 is 5.97 Å². The average Bonchev–Trinajstić information content (AvgIpc) is 2.61. The van der Waals surface area contributed by atoms with E-state index in [0.29, 0.717) is 10.9 Å². The lowest BCUT2D eigenvalue weighted by Gasteiger charge is -2.28. The van der Waals surface area contributed by atoms with Gasteiger partial charge in [0.2, 0.25) is 0 Å². The molecule has 1 unspecified atom stereocenters. The third-order valence-electron chi connectivity index (χ3n) is 3.95. The van der Waals surface area contributed by atoms with Gasteiger partial charge in [-0.25, -0.2) is 0 Å². The number of hydrogen-bond donors (Lipinski definition) is 0. The van der Waals surface area contributed by atoms with Crippen LogP contribution in [0.2, 0.25) is 0 Å². The van der Waals surface area contributed by atoms with Gasteiger partial charge in [0.15, 0.2) is 0 Å². The summed E-state index contributed by atoms with van der Waals surface area (Å²) in [4.78, 5) is 14.2. The van der Waals surface area contributed by atoms with Crippen LogP contribution in [0.3, 0.4) is 0 Å². The Bertz CT molecular complexity index is 713. The number of carbonyl (C=O) groups is 1. The second kappa shape index (κ2) is 7.45. The Labute approximate surface area is 148 Å². The van der Waals surface area contributed by atoms with E-state index >= 15 is 0 Å². The first-order chi connectivity index (χ1) is 11.4. The smallest absolute Gasteiger partial charge is 0.320 e. The average molecular weight is 343 g/mol. The molecule has 2 aromatic carbocycles. The topological polar surface area (TPSA) is 38.8 Å². The maximum absolute atomic E-state index is 12.5. The van der Waals surface area contributed by atoms with E-state index in [-0.39, 0.29) is 5.97 Å². The fourth-order valence-corrected chi connectivity index (χ4v) is 2.52. The van der Waals surface area contributed by atoms with Gasteiger partial charge in [-0.2, -0.15) is 0 Å². The number of rotatable bonds is 4. The summed E-state index contributed by atoms with van der Waals surface area (Å²) in [6, 6.07) is 16.9. The summed E-state index contributed by atoms with van der Waals surface area (Å²) in [7, 11) is 5.04. The highest BCUT2D eigenvalue weighted by Crippen LogP contribution is 2.34. The van der Waals surface area contributed by atoms with E-state index in [1.54, 1.807) is 17.0 Å². The monoisotopic (exact) mass is 343 g/mol. The van der Waals surface area contributed by atoms with Crippen molar-refractivity contribution in [2.24, 2.45) is 0 Å². The largest absolute Gasteiger partial charge is 0.468 e. The number of ether oxygens (including phenoxy) is 2. The predicted octanol–water partition coefficient (Wildman–Crippen LogP) is 3.39. The van der Waals surface area contributed by atoms with E-state index in [1.807, 2.05) is 63.5 Å². The van der Waals surface area contributed by atoms with Gasteiger partial charge in [-0.05, 0) is 42.4 Å². The van der Waals surface area contributed by atoms with Crippen molar-refractivity contribution in [3.05, 3.63) is 65.7 Å². The van der Waals surface area contributed by atoms with Gasteiger partial charge in [0.25, 0.3) is 5.17 Å². The lowest BCUT2D eigenvalue weighted by atomic mass is 9.76. The summed E-state index contributed by atoms with van der Waals surface area (Å²) >= 11 is 5.13. The lowest BCUT2D eigenvalue weighted by molar-refractivity contribution is -0.145. The lowest BCUT2D eigenvalue weighted by Crippen LogP contribution is -2.35. The van der Waals surface area contributed by atoms with Gasteiger partial charge in [0, 0.05) is 14.1 Å². The molecule has 0 saturated heterocycles. The maximum atomic E-state index is 12.5. The van der Waals surface area contributed by atoms with Crippen molar-refractivity contribution in [2.45, 2.75) is 12.3 Å². The summed E-state index contributed by atoms with van der Waals surface area (Å²) < 4.78 is 10.6. The molecule has 0 radical (unpaired) electrons. The minimum Gasteiger partial charge on any atom is -0.468 e. The van der Waals surface area contributed by atoms with Crippen LogP contribution in [0, 0.1) is 0 Å². The fourth-order valence-electron chi connectivity index (χ4n) is 2.43. The van der Waals surface area contributed by atoms with Crippen LogP contribution in [0.4, 0.5) is 0 Å². The van der Waals surface area contributed by atoms with Gasteiger partial charge in [-0.1, -0.05) is 42.5 Å². The summed E-state index contributed by atoms with van der Waals surface area (Å²) in [6.45, 7) is 1.86. The normalized spacial score (nSPS) is 12.8. The first-order valence-electron chi connectivity index (χ1n) is 7.53. The molecule has 0 aliphatic heterocycles. The number of methoxy groups -OCH3 is 1. The Morgan fingerprint density at radius 1 is 1.00 bits per heavy atom. The van der Waals surface area contributed by atoms with E-state index in [9.17, 15) is 4.79 Å². The maximum Gasteiger partial charge on any atom is 0.320 e. The van der Waals surface area contributed by atoms with Crippen LogP contribution in [-0.2, 0) is 14.9 Å². The van der Waals surface area contributed by atoms with Crippen molar-refractivity contribution in [3.8, 4) is 5.75 Å². The first kappa shape index (κ1) is 17.9. The minimum atomic E-state index is -0.892. The Kier molecular flexibility index (Phi) is 5.57. The molecule has 0 saturated carbocycles. The minimum absolute atomic E-state index is 0.314. The molecule has 0 fully saturated rings. The van der Waals surface area contributed by atoms with Crippen LogP contribution < -0.4 is 4.74 Å². The summed E-state index contributed by atoms with van der Waals surface area (Å²) in [5.74, 6) is 0.309. The third-order valence-corrected chi connectivity index (χ3v) is 4.40. The molecule has 2 aromatic rings. The summed E-state index contributed by atoms with van der Waals surface area (Å²) in [5.41, 5.74) is 0.800. The Morgan fingerprint density at radius 3 is 2.04 bits per heavy atom. The van der Waals surface area contributed by atoms with E-state index in [2.05, 4.69) is 0 Å². The van der Waals surface area contributed by atoms with Crippen molar-refractivity contribution in [2.75, 3.05) is 21.2 Å². The molecule has 0 spiro atoms. The molecular formula is C19H21NO3S. The molecule has 0 amide bonds. The number of hydrogen-bond acceptors (Lipinski definition) is 4. The third kappa shape index (κ3) is 3.57. The zero-order valence-corrected chi connectivity index (χ0v) is 15.1. The molecule has 5 heteroatoms. The second-order valence-electron chi connectivity index (χ2n) is 5.77. The zero-order valence-electron chi connectivity index (χ0n) is 14.3. The van der Waals surface area contributed by atoms with Crippen molar-refractivity contribution in [1.82, 2.24) is 4.90 Å². The van der Waals surface area contributed by atoms with Gasteiger partial charge in [0.1, 0.15) is 11.2 Å². The number of esters is 1. The first-order valence-corrected chi connectivity index (χ1v) is 7.94. The molecule has 0 bridgehead atoms. The molecule has 4 nitrogen and oxygen atoms in total. The van der Waals surface area contributed by atoms with Crippen LogP contribution in [0.5, 0.6) is 5.75 Å². The van der Waals surface area contributed by atoms with Gasteiger partial charge in [0.05, 0.1) is 7.11 Å². The van der Waals surface area contributed by atoms with Crippen molar-refractivity contribution < 1.29 is 14.3 Å². The fraction of sp³-hybridized carbons (Fsp3) is 0.263. The number of carbonyl (C=O) groups excluding carboxylic acids is 1. The Morgan fingerprint density at radius 2 is 1.54 bits per heavy atom. The van der Waals surface area contributed by atoms with E-state index < -0.39 is 5.41 Å². The number of nitrogens with zero attached hydrogens (tertiary/aromatic N) is 1. The standard InChI is InChI=1S/C19H21NO3S/c1-19(17(21)22-4,14-8-6-5-7-9-14)15-10-12-16(13-11-15)23-18(24)20(2)3/h5-13H,1-4H3. The van der Waals surface area contributed by atoms with Crippen LogP contribution in [-0.4, -0.2) is 37.2 Å². The van der Waals surface area contributed by atoms with E-state index in [0.717, 1.165) is 11.1 Å². The molecule has 126 valence electrons. The molecular weight excluding hydrogens is 322 g/mol. The Balaban J connectivity index is 2.38. The van der Waals surface area contributed by atoms with Crippen molar-refractivity contribution >= 4 is 23.4 Å². The molecule has 0 N–H and O–H groups in total. The molecule has 0 aliphatic carbocycles. The molecule has 0 heterocycles. The van der Waals surface area contributed by atoms with Crippen LogP contribution in [0.1, 0.15) is 18.1 Å². The highest BCUT2D eigenvalue weighted by Gasteiger charge is 2.38. The van der Waals surface area contributed by atoms with Gasteiger partial charge < -0.3 is 14.4 Å². The van der Waals surface area contributed by atoms with E-state index in [1.165, 1.54) is 7.11 Å². The summed E-state index contributed by atoms with van der Waals surface area (Å²) in [6.07, 6.45) is 0. The number of benzene rings is 2. The predicted molar refractivity (Wildman–Crippen MR) is 98.3 cm³/mol. The molecule has 1 atom stereocenters. The molecule has 24 heavy (non-hydrogen) atoms. The Hall–Kier alpha value is -2.40. The van der Waals surface area contributed by atoms with Crippen LogP contribution >= 0.6 is 12.2 Å². The quantitative estimate of drug-likeness (QED) is 0.628. The highest BCUT2D eigenvalue weighted by molar-refractivity contribution is 7.80. The highest BCUT2D eigenvalue weighted by atomic mass is 32.1. The van der Waals surface area contributed by atoms with Crippen LogP contribution in [0.15, 0.2) is 54.6 Å². The van der Waals surface area contributed by atoms with Gasteiger partial charge in [-0.15, -0.1) is 0 Å². The molecule has 2 rings (SSSR count). The second-order valence-corrected chi connectivity index (χ2v) is 6.12. The summed E-state index contributed by atoms with van der Waals surface area (Å²) in [5, 5.41) is 0.376. The van der Waals surface area contributed by atoms with Crippen molar-refractivity contribution in [3.63, 3.8) is 0 Å². The molecule has 0 aromatic heterocycles. The zero-order chi connectivity index (χ0) is 17.7. The number of thiocarbonyl (C=S) groups is 1. The van der Waals surface area contributed by atoms with Gasteiger partial charge in [-0.3, -0.25) is 4.79 Å². The van der Waals surface area contributed by atoms with Crippen molar-refractivity contribution in [1.29, 1.82) is 0 Å². The van der Waals surface area contributed by atoms with Crippen LogP contribution in [0.25, 0.3) is 0 Å². The van der Waals surface area contributed by atoms with E-state index in [4.69, 9.17) is 21.7 Å². The molecule has 0 aliphatic rings.